The lowest BCUT2D eigenvalue weighted by Gasteiger charge is -2.14. The highest BCUT2D eigenvalue weighted by Crippen LogP contribution is 2.26. The molecule has 5 heteroatoms. The van der Waals surface area contributed by atoms with Crippen molar-refractivity contribution >= 4 is 5.91 Å². The lowest BCUT2D eigenvalue weighted by molar-refractivity contribution is 0.0909. The molecule has 3 heterocycles. The number of hydrogen-bond donors (Lipinski definition) is 0. The average Bonchev–Trinajstić information content (AvgIpc) is 2.62. The van der Waals surface area contributed by atoms with Crippen LogP contribution in [0.25, 0.3) is 11.4 Å². The molecule has 0 spiro atoms. The van der Waals surface area contributed by atoms with Gasteiger partial charge in [0.1, 0.15) is 5.82 Å². The first-order chi connectivity index (χ1) is 7.27. The molecule has 0 aliphatic carbocycles. The lowest BCUT2D eigenvalue weighted by atomic mass is 10.1. The number of hydrogen-bond acceptors (Lipinski definition) is 4. The Hall–Kier alpha value is -2.04. The van der Waals surface area contributed by atoms with E-state index in [4.69, 9.17) is 0 Å². The molecule has 0 atom stereocenters. The van der Waals surface area contributed by atoms with Crippen LogP contribution in [0, 0.1) is 6.92 Å². The minimum absolute atomic E-state index is 0.0151. The van der Waals surface area contributed by atoms with Gasteiger partial charge in [-0.05, 0) is 19.1 Å². The summed E-state index contributed by atoms with van der Waals surface area (Å²) < 4.78 is 1.55. The standard InChI is InChI=1S/C10H8N4O/c1-6-12-13-10-7-3-2-4-11-8(7)5-9(15)14(6)10/h2-4H,5H2,1H3. The topological polar surface area (TPSA) is 60.7 Å². The van der Waals surface area contributed by atoms with Crippen LogP contribution in [0.2, 0.25) is 0 Å². The van der Waals surface area contributed by atoms with E-state index in [9.17, 15) is 4.79 Å². The van der Waals surface area contributed by atoms with Crippen molar-refractivity contribution in [1.82, 2.24) is 19.7 Å². The maximum atomic E-state index is 11.8. The fourth-order valence-electron chi connectivity index (χ4n) is 1.84. The van der Waals surface area contributed by atoms with Crippen LogP contribution in [0.1, 0.15) is 16.3 Å². The Balaban J connectivity index is 2.35. The van der Waals surface area contributed by atoms with Gasteiger partial charge in [0, 0.05) is 11.8 Å². The Morgan fingerprint density at radius 1 is 1.40 bits per heavy atom. The van der Waals surface area contributed by atoms with Crippen molar-refractivity contribution in [2.45, 2.75) is 13.3 Å². The first-order valence-electron chi connectivity index (χ1n) is 4.67. The summed E-state index contributed by atoms with van der Waals surface area (Å²) in [5.74, 6) is 1.22. The van der Waals surface area contributed by atoms with Crippen LogP contribution in [-0.4, -0.2) is 25.7 Å². The predicted octanol–water partition coefficient (Wildman–Crippen LogP) is 0.845. The SMILES string of the molecule is Cc1nnc2n1C(=O)Cc1ncccc1-2. The summed E-state index contributed by atoms with van der Waals surface area (Å²) in [5.41, 5.74) is 1.68. The van der Waals surface area contributed by atoms with Gasteiger partial charge < -0.3 is 0 Å². The Morgan fingerprint density at radius 2 is 2.27 bits per heavy atom. The molecule has 74 valence electrons. The van der Waals surface area contributed by atoms with E-state index in [1.807, 2.05) is 12.1 Å². The van der Waals surface area contributed by atoms with E-state index < -0.39 is 0 Å². The number of carbonyl (C=O) groups is 1. The second-order valence-corrected chi connectivity index (χ2v) is 3.47. The number of fused-ring (bicyclic) bond motifs is 3. The van der Waals surface area contributed by atoms with Gasteiger partial charge in [-0.15, -0.1) is 10.2 Å². The third kappa shape index (κ3) is 1.03. The number of nitrogens with zero attached hydrogens (tertiary/aromatic N) is 4. The molecule has 15 heavy (non-hydrogen) atoms. The first-order valence-corrected chi connectivity index (χ1v) is 4.67. The van der Waals surface area contributed by atoms with Crippen LogP contribution in [-0.2, 0) is 6.42 Å². The van der Waals surface area contributed by atoms with Crippen molar-refractivity contribution in [1.29, 1.82) is 0 Å². The van der Waals surface area contributed by atoms with Gasteiger partial charge in [-0.2, -0.15) is 0 Å². The van der Waals surface area contributed by atoms with Crippen LogP contribution in [0.3, 0.4) is 0 Å². The van der Waals surface area contributed by atoms with Crippen molar-refractivity contribution in [2.24, 2.45) is 0 Å². The zero-order chi connectivity index (χ0) is 10.4. The van der Waals surface area contributed by atoms with Gasteiger partial charge in [-0.3, -0.25) is 9.78 Å². The van der Waals surface area contributed by atoms with Gasteiger partial charge in [0.15, 0.2) is 5.82 Å². The molecule has 0 amide bonds. The van der Waals surface area contributed by atoms with E-state index in [0.29, 0.717) is 18.1 Å². The third-order valence-corrected chi connectivity index (χ3v) is 2.52. The monoisotopic (exact) mass is 200 g/mol. The second kappa shape index (κ2) is 2.73. The quantitative estimate of drug-likeness (QED) is 0.632. The van der Waals surface area contributed by atoms with Gasteiger partial charge in [0.2, 0.25) is 5.91 Å². The molecule has 0 fully saturated rings. The zero-order valence-corrected chi connectivity index (χ0v) is 8.14. The Labute approximate surface area is 85.8 Å². The molecule has 0 saturated heterocycles. The fourth-order valence-corrected chi connectivity index (χ4v) is 1.84. The van der Waals surface area contributed by atoms with Crippen molar-refractivity contribution in [2.75, 3.05) is 0 Å². The third-order valence-electron chi connectivity index (χ3n) is 2.52. The molecule has 1 aliphatic rings. The summed E-state index contributed by atoms with van der Waals surface area (Å²) in [4.78, 5) is 15.9. The number of carbonyl (C=O) groups excluding carboxylic acids is 1. The molecule has 0 N–H and O–H groups in total. The van der Waals surface area contributed by atoms with Gasteiger partial charge in [-0.25, -0.2) is 4.57 Å². The lowest BCUT2D eigenvalue weighted by Crippen LogP contribution is -2.22. The van der Waals surface area contributed by atoms with Crippen LogP contribution >= 0.6 is 0 Å². The smallest absolute Gasteiger partial charge is 0.239 e. The van der Waals surface area contributed by atoms with Crippen molar-refractivity contribution in [3.05, 3.63) is 29.8 Å². The average molecular weight is 200 g/mol. The number of aromatic nitrogens is 4. The molecule has 2 aromatic heterocycles. The predicted molar refractivity (Wildman–Crippen MR) is 52.3 cm³/mol. The molecule has 1 aliphatic heterocycles. The largest absolute Gasteiger partial charge is 0.274 e. The van der Waals surface area contributed by atoms with Crippen LogP contribution in [0.15, 0.2) is 18.3 Å². The molecule has 0 aromatic carbocycles. The van der Waals surface area contributed by atoms with E-state index in [1.165, 1.54) is 0 Å². The Morgan fingerprint density at radius 3 is 3.13 bits per heavy atom. The number of pyridine rings is 1. The van der Waals surface area contributed by atoms with Gasteiger partial charge in [-0.1, -0.05) is 0 Å². The molecular formula is C10H8N4O. The minimum Gasteiger partial charge on any atom is -0.274 e. The molecule has 3 rings (SSSR count). The minimum atomic E-state index is -0.0151. The summed E-state index contributed by atoms with van der Waals surface area (Å²) in [6, 6.07) is 3.75. The molecule has 5 nitrogen and oxygen atoms in total. The summed E-state index contributed by atoms with van der Waals surface area (Å²) in [7, 11) is 0. The highest BCUT2D eigenvalue weighted by molar-refractivity contribution is 5.90. The second-order valence-electron chi connectivity index (χ2n) is 3.47. The maximum absolute atomic E-state index is 11.8. The van der Waals surface area contributed by atoms with E-state index in [2.05, 4.69) is 15.2 Å². The summed E-state index contributed by atoms with van der Waals surface area (Å²) in [6.45, 7) is 1.77. The van der Waals surface area contributed by atoms with E-state index in [-0.39, 0.29) is 5.91 Å². The van der Waals surface area contributed by atoms with Crippen molar-refractivity contribution in [3.8, 4) is 11.4 Å². The Bertz CT molecular complexity index is 558. The number of rotatable bonds is 0. The highest BCUT2D eigenvalue weighted by Gasteiger charge is 2.26. The molecule has 0 unspecified atom stereocenters. The molecule has 0 saturated carbocycles. The van der Waals surface area contributed by atoms with Crippen LogP contribution in [0.5, 0.6) is 0 Å². The van der Waals surface area contributed by atoms with Crippen molar-refractivity contribution < 1.29 is 4.79 Å². The van der Waals surface area contributed by atoms with Gasteiger partial charge >= 0.3 is 0 Å². The zero-order valence-electron chi connectivity index (χ0n) is 8.14. The number of aryl methyl sites for hydroxylation is 1. The fraction of sp³-hybridized carbons (Fsp3) is 0.200. The highest BCUT2D eigenvalue weighted by atomic mass is 16.2. The van der Waals surface area contributed by atoms with Crippen molar-refractivity contribution in [3.63, 3.8) is 0 Å². The van der Waals surface area contributed by atoms with Crippen LogP contribution < -0.4 is 0 Å². The van der Waals surface area contributed by atoms with E-state index in [1.54, 1.807) is 17.7 Å². The van der Waals surface area contributed by atoms with Crippen LogP contribution in [0.4, 0.5) is 0 Å². The molecular weight excluding hydrogens is 192 g/mol. The van der Waals surface area contributed by atoms with Gasteiger partial charge in [0.25, 0.3) is 0 Å². The van der Waals surface area contributed by atoms with E-state index >= 15 is 0 Å². The summed E-state index contributed by atoms with van der Waals surface area (Å²) in [5, 5.41) is 7.91. The maximum Gasteiger partial charge on any atom is 0.239 e. The molecule has 0 radical (unpaired) electrons. The van der Waals surface area contributed by atoms with E-state index in [0.717, 1.165) is 11.3 Å². The Kier molecular flexibility index (Phi) is 1.50. The first kappa shape index (κ1) is 8.28. The summed E-state index contributed by atoms with van der Waals surface area (Å²) in [6.07, 6.45) is 2.01. The van der Waals surface area contributed by atoms with Gasteiger partial charge in [0.05, 0.1) is 12.1 Å². The summed E-state index contributed by atoms with van der Waals surface area (Å²) >= 11 is 0. The normalized spacial score (nSPS) is 13.5. The molecule has 2 aromatic rings. The molecule has 0 bridgehead atoms.